The van der Waals surface area contributed by atoms with E-state index in [9.17, 15) is 4.79 Å². The Bertz CT molecular complexity index is 888. The maximum atomic E-state index is 12.6. The van der Waals surface area contributed by atoms with Crippen molar-refractivity contribution in [3.05, 3.63) is 56.5 Å². The molecule has 1 aliphatic rings. The standard InChI is InChI=1S/C18H17N3OS2/c1-11-18(24-12(2)19-11)15-10-23-16(20-15)7-17(22)21-8-13-5-3-4-6-14(13)9-21/h3-6,10H,7-9H2,1-2H3. The third kappa shape index (κ3) is 2.87. The summed E-state index contributed by atoms with van der Waals surface area (Å²) < 4.78 is 0. The van der Waals surface area contributed by atoms with Gasteiger partial charge >= 0.3 is 0 Å². The van der Waals surface area contributed by atoms with Crippen molar-refractivity contribution in [3.8, 4) is 10.6 Å². The summed E-state index contributed by atoms with van der Waals surface area (Å²) in [6.07, 6.45) is 0.371. The first kappa shape index (κ1) is 15.5. The maximum absolute atomic E-state index is 12.6. The van der Waals surface area contributed by atoms with E-state index in [1.54, 1.807) is 22.7 Å². The fourth-order valence-electron chi connectivity index (χ4n) is 3.02. The monoisotopic (exact) mass is 355 g/mol. The predicted molar refractivity (Wildman–Crippen MR) is 97.1 cm³/mol. The molecule has 0 unspecified atom stereocenters. The third-order valence-corrected chi connectivity index (χ3v) is 6.13. The van der Waals surface area contributed by atoms with E-state index in [4.69, 9.17) is 0 Å². The molecule has 3 heterocycles. The van der Waals surface area contributed by atoms with Gasteiger partial charge in [-0.05, 0) is 25.0 Å². The van der Waals surface area contributed by atoms with Crippen molar-refractivity contribution in [2.45, 2.75) is 33.4 Å². The quantitative estimate of drug-likeness (QED) is 0.714. The molecule has 6 heteroatoms. The summed E-state index contributed by atoms with van der Waals surface area (Å²) in [5.41, 5.74) is 4.45. The van der Waals surface area contributed by atoms with Crippen LogP contribution in [0.2, 0.25) is 0 Å². The number of nitrogens with zero attached hydrogens (tertiary/aromatic N) is 3. The number of amides is 1. The molecule has 0 radical (unpaired) electrons. The van der Waals surface area contributed by atoms with E-state index in [-0.39, 0.29) is 5.91 Å². The number of aryl methyl sites for hydroxylation is 2. The van der Waals surface area contributed by atoms with E-state index in [1.165, 1.54) is 11.1 Å². The second-order valence-corrected chi connectivity index (χ2v) is 8.12. The highest BCUT2D eigenvalue weighted by molar-refractivity contribution is 7.16. The maximum Gasteiger partial charge on any atom is 0.230 e. The number of fused-ring (bicyclic) bond motifs is 1. The normalized spacial score (nSPS) is 13.3. The van der Waals surface area contributed by atoms with E-state index in [0.717, 1.165) is 26.3 Å². The molecule has 1 aromatic carbocycles. The van der Waals surface area contributed by atoms with Gasteiger partial charge in [0.15, 0.2) is 0 Å². The first-order chi connectivity index (χ1) is 11.6. The Balaban J connectivity index is 1.47. The molecule has 2 aromatic heterocycles. The zero-order valence-electron chi connectivity index (χ0n) is 13.6. The zero-order valence-corrected chi connectivity index (χ0v) is 15.2. The summed E-state index contributed by atoms with van der Waals surface area (Å²) in [5, 5.41) is 3.95. The van der Waals surface area contributed by atoms with Gasteiger partial charge < -0.3 is 4.90 Å². The number of thiazole rings is 2. The molecule has 1 amide bonds. The van der Waals surface area contributed by atoms with Gasteiger partial charge in [-0.3, -0.25) is 4.79 Å². The predicted octanol–water partition coefficient (Wildman–Crippen LogP) is 3.97. The highest BCUT2D eigenvalue weighted by Crippen LogP contribution is 2.31. The molecule has 24 heavy (non-hydrogen) atoms. The van der Waals surface area contributed by atoms with Crippen molar-refractivity contribution in [1.29, 1.82) is 0 Å². The minimum absolute atomic E-state index is 0.143. The number of rotatable bonds is 3. The summed E-state index contributed by atoms with van der Waals surface area (Å²) in [5.74, 6) is 0.143. The summed E-state index contributed by atoms with van der Waals surface area (Å²) in [6.45, 7) is 5.42. The fourth-order valence-corrected chi connectivity index (χ4v) is 4.75. The second-order valence-electron chi connectivity index (χ2n) is 5.97. The van der Waals surface area contributed by atoms with Crippen molar-refractivity contribution in [2.75, 3.05) is 0 Å². The smallest absolute Gasteiger partial charge is 0.230 e. The molecule has 0 saturated heterocycles. The number of hydrogen-bond donors (Lipinski definition) is 0. The summed E-state index contributed by atoms with van der Waals surface area (Å²) in [7, 11) is 0. The molecule has 3 aromatic rings. The van der Waals surface area contributed by atoms with Crippen LogP contribution in [0.3, 0.4) is 0 Å². The molecule has 122 valence electrons. The van der Waals surface area contributed by atoms with Crippen molar-refractivity contribution >= 4 is 28.6 Å². The first-order valence-corrected chi connectivity index (χ1v) is 9.53. The van der Waals surface area contributed by atoms with E-state index in [0.29, 0.717) is 19.5 Å². The lowest BCUT2D eigenvalue weighted by Gasteiger charge is -2.14. The highest BCUT2D eigenvalue weighted by Gasteiger charge is 2.23. The van der Waals surface area contributed by atoms with Crippen LogP contribution in [-0.4, -0.2) is 20.8 Å². The summed E-state index contributed by atoms with van der Waals surface area (Å²) >= 11 is 3.21. The van der Waals surface area contributed by atoms with Crippen LogP contribution in [0.5, 0.6) is 0 Å². The minimum Gasteiger partial charge on any atom is -0.334 e. The van der Waals surface area contributed by atoms with Gasteiger partial charge in [-0.2, -0.15) is 0 Å². The lowest BCUT2D eigenvalue weighted by Crippen LogP contribution is -2.26. The molecule has 0 fully saturated rings. The highest BCUT2D eigenvalue weighted by atomic mass is 32.1. The van der Waals surface area contributed by atoms with Gasteiger partial charge in [-0.15, -0.1) is 22.7 Å². The van der Waals surface area contributed by atoms with Gasteiger partial charge in [-0.25, -0.2) is 9.97 Å². The van der Waals surface area contributed by atoms with Gasteiger partial charge in [-0.1, -0.05) is 24.3 Å². The van der Waals surface area contributed by atoms with Crippen LogP contribution in [0.25, 0.3) is 10.6 Å². The summed E-state index contributed by atoms with van der Waals surface area (Å²) in [6, 6.07) is 8.25. The molecule has 1 aliphatic heterocycles. The molecule has 0 bridgehead atoms. The van der Waals surface area contributed by atoms with Crippen LogP contribution in [0.4, 0.5) is 0 Å². The molecule has 4 nitrogen and oxygen atoms in total. The summed E-state index contributed by atoms with van der Waals surface area (Å²) in [4.78, 5) is 24.7. The number of aromatic nitrogens is 2. The van der Waals surface area contributed by atoms with E-state index >= 15 is 0 Å². The van der Waals surface area contributed by atoms with E-state index in [1.807, 2.05) is 36.3 Å². The molecular formula is C18H17N3OS2. The topological polar surface area (TPSA) is 46.1 Å². The minimum atomic E-state index is 0.143. The number of hydrogen-bond acceptors (Lipinski definition) is 5. The Kier molecular flexibility index (Phi) is 3.94. The third-order valence-electron chi connectivity index (χ3n) is 4.18. The van der Waals surface area contributed by atoms with Crippen LogP contribution < -0.4 is 0 Å². The van der Waals surface area contributed by atoms with Gasteiger partial charge in [0.05, 0.1) is 27.7 Å². The van der Waals surface area contributed by atoms with Crippen LogP contribution in [0.1, 0.15) is 26.8 Å². The SMILES string of the molecule is Cc1nc(C)c(-c2csc(CC(=O)N3Cc4ccccc4C3)n2)s1. The molecule has 4 rings (SSSR count). The van der Waals surface area contributed by atoms with E-state index in [2.05, 4.69) is 22.1 Å². The Morgan fingerprint density at radius 2 is 1.88 bits per heavy atom. The second kappa shape index (κ2) is 6.11. The Labute approximate surface area is 148 Å². The average molecular weight is 355 g/mol. The lowest BCUT2D eigenvalue weighted by molar-refractivity contribution is -0.131. The Morgan fingerprint density at radius 3 is 2.50 bits per heavy atom. The van der Waals surface area contributed by atoms with Gasteiger partial charge in [0, 0.05) is 18.5 Å². The number of carbonyl (C=O) groups is 1. The van der Waals surface area contributed by atoms with Crippen molar-refractivity contribution in [1.82, 2.24) is 14.9 Å². The average Bonchev–Trinajstić information content (AvgIpc) is 3.25. The van der Waals surface area contributed by atoms with Crippen LogP contribution in [0.15, 0.2) is 29.6 Å². The molecule has 0 N–H and O–H groups in total. The van der Waals surface area contributed by atoms with Crippen molar-refractivity contribution in [3.63, 3.8) is 0 Å². The molecule has 0 atom stereocenters. The number of carbonyl (C=O) groups excluding carboxylic acids is 1. The zero-order chi connectivity index (χ0) is 16.7. The molecule has 0 aliphatic carbocycles. The van der Waals surface area contributed by atoms with Crippen molar-refractivity contribution in [2.24, 2.45) is 0 Å². The van der Waals surface area contributed by atoms with Gasteiger partial charge in [0.2, 0.25) is 5.91 Å². The largest absolute Gasteiger partial charge is 0.334 e. The van der Waals surface area contributed by atoms with E-state index < -0.39 is 0 Å². The number of benzene rings is 1. The van der Waals surface area contributed by atoms with Gasteiger partial charge in [0.1, 0.15) is 5.01 Å². The van der Waals surface area contributed by atoms with Crippen LogP contribution >= 0.6 is 22.7 Å². The molecule has 0 saturated carbocycles. The molecular weight excluding hydrogens is 338 g/mol. The lowest BCUT2D eigenvalue weighted by atomic mass is 10.1. The van der Waals surface area contributed by atoms with Crippen LogP contribution in [0, 0.1) is 13.8 Å². The fraction of sp³-hybridized carbons (Fsp3) is 0.278. The van der Waals surface area contributed by atoms with Gasteiger partial charge in [0.25, 0.3) is 0 Å². The van der Waals surface area contributed by atoms with Crippen molar-refractivity contribution < 1.29 is 4.79 Å². The Hall–Kier alpha value is -2.05. The van der Waals surface area contributed by atoms with Crippen LogP contribution in [-0.2, 0) is 24.3 Å². The Morgan fingerprint density at radius 1 is 1.17 bits per heavy atom. The first-order valence-electron chi connectivity index (χ1n) is 7.83. The molecule has 0 spiro atoms.